The summed E-state index contributed by atoms with van der Waals surface area (Å²) in [6, 6.07) is 10.2. The maximum absolute atomic E-state index is 10.8. The summed E-state index contributed by atoms with van der Waals surface area (Å²) in [5.74, 6) is 0. The van der Waals surface area contributed by atoms with Crippen molar-refractivity contribution >= 4 is 45.7 Å². The van der Waals surface area contributed by atoms with Gasteiger partial charge in [-0.25, -0.2) is 9.98 Å². The predicted octanol–water partition coefficient (Wildman–Crippen LogP) is 5.03. The van der Waals surface area contributed by atoms with Crippen molar-refractivity contribution in [3.8, 4) is 10.4 Å². The summed E-state index contributed by atoms with van der Waals surface area (Å²) in [4.78, 5) is 29.7. The largest absolute Gasteiger partial charge is 0.270 e. The second kappa shape index (κ2) is 7.38. The number of non-ortho nitro benzene ring substituents is 2. The molecule has 0 spiro atoms. The lowest BCUT2D eigenvalue weighted by Crippen LogP contribution is -1.90. The van der Waals surface area contributed by atoms with Crippen molar-refractivity contribution in [2.75, 3.05) is 0 Å². The van der Waals surface area contributed by atoms with E-state index in [0.29, 0.717) is 15.7 Å². The lowest BCUT2D eigenvalue weighted by atomic mass is 10.2. The van der Waals surface area contributed by atoms with Crippen LogP contribution >= 0.6 is 22.9 Å². The van der Waals surface area contributed by atoms with Crippen LogP contribution in [0.3, 0.4) is 0 Å². The predicted molar refractivity (Wildman–Crippen MR) is 99.6 cm³/mol. The number of aromatic nitrogens is 1. The van der Waals surface area contributed by atoms with Crippen LogP contribution in [0.5, 0.6) is 0 Å². The van der Waals surface area contributed by atoms with Crippen molar-refractivity contribution in [1.82, 2.24) is 4.98 Å². The van der Waals surface area contributed by atoms with Gasteiger partial charge in [-0.3, -0.25) is 20.2 Å². The Kier molecular flexibility index (Phi) is 5.01. The average molecular weight is 389 g/mol. The molecule has 1 aromatic heterocycles. The average Bonchev–Trinajstić information content (AvgIpc) is 3.10. The lowest BCUT2D eigenvalue weighted by molar-refractivity contribution is -0.385. The number of nitrogens with zero attached hydrogens (tertiary/aromatic N) is 4. The first kappa shape index (κ1) is 17.6. The number of hydrogen-bond acceptors (Lipinski definition) is 7. The molecule has 3 aromatic rings. The quantitative estimate of drug-likeness (QED) is 0.345. The van der Waals surface area contributed by atoms with Crippen LogP contribution < -0.4 is 0 Å². The van der Waals surface area contributed by atoms with E-state index < -0.39 is 9.85 Å². The van der Waals surface area contributed by atoms with Crippen LogP contribution in [0.2, 0.25) is 5.02 Å². The maximum atomic E-state index is 10.8. The van der Waals surface area contributed by atoms with Crippen molar-refractivity contribution in [3.05, 3.63) is 79.5 Å². The van der Waals surface area contributed by atoms with Crippen molar-refractivity contribution in [1.29, 1.82) is 0 Å². The van der Waals surface area contributed by atoms with Gasteiger partial charge in [-0.1, -0.05) is 22.9 Å². The highest BCUT2D eigenvalue weighted by molar-refractivity contribution is 7.18. The van der Waals surface area contributed by atoms with E-state index in [0.717, 1.165) is 10.4 Å². The molecule has 0 bridgehead atoms. The fourth-order valence-corrected chi connectivity index (χ4v) is 3.01. The highest BCUT2D eigenvalue weighted by Gasteiger charge is 2.10. The van der Waals surface area contributed by atoms with Gasteiger partial charge in [0, 0.05) is 47.3 Å². The minimum absolute atomic E-state index is 0.0109. The summed E-state index contributed by atoms with van der Waals surface area (Å²) < 4.78 is 0. The Labute approximate surface area is 155 Å². The second-order valence-corrected chi connectivity index (χ2v) is 6.45. The molecule has 130 valence electrons. The lowest BCUT2D eigenvalue weighted by Gasteiger charge is -1.97. The first-order valence-corrected chi connectivity index (χ1v) is 8.32. The summed E-state index contributed by atoms with van der Waals surface area (Å²) in [6.07, 6.45) is 3.02. The van der Waals surface area contributed by atoms with Gasteiger partial charge < -0.3 is 0 Å². The summed E-state index contributed by atoms with van der Waals surface area (Å²) in [5.41, 5.74) is 1.12. The van der Waals surface area contributed by atoms with Gasteiger partial charge in [-0.15, -0.1) is 0 Å². The van der Waals surface area contributed by atoms with E-state index in [1.54, 1.807) is 18.3 Å². The Morgan fingerprint density at radius 2 is 1.69 bits per heavy atom. The summed E-state index contributed by atoms with van der Waals surface area (Å²) in [7, 11) is 0. The molecule has 0 aliphatic carbocycles. The highest BCUT2D eigenvalue weighted by atomic mass is 35.5. The number of aliphatic imine (C=N–C) groups is 1. The van der Waals surface area contributed by atoms with Crippen LogP contribution in [0, 0.1) is 20.2 Å². The number of nitro groups is 2. The molecule has 1 heterocycles. The van der Waals surface area contributed by atoms with E-state index in [9.17, 15) is 20.2 Å². The third-order valence-electron chi connectivity index (χ3n) is 3.36. The Bertz CT molecular complexity index is 1020. The maximum Gasteiger partial charge on any atom is 0.270 e. The molecular weight excluding hydrogens is 380 g/mol. The third-order valence-corrected chi connectivity index (χ3v) is 4.66. The van der Waals surface area contributed by atoms with Gasteiger partial charge in [0.2, 0.25) is 5.13 Å². The monoisotopic (exact) mass is 388 g/mol. The fourth-order valence-electron chi connectivity index (χ4n) is 2.07. The summed E-state index contributed by atoms with van der Waals surface area (Å²) in [5, 5.41) is 22.3. The van der Waals surface area contributed by atoms with Gasteiger partial charge in [-0.2, -0.15) is 0 Å². The van der Waals surface area contributed by atoms with Crippen LogP contribution in [0.1, 0.15) is 5.56 Å². The Hall–Kier alpha value is -3.17. The van der Waals surface area contributed by atoms with Gasteiger partial charge in [0.25, 0.3) is 11.4 Å². The van der Waals surface area contributed by atoms with Crippen molar-refractivity contribution in [2.24, 2.45) is 4.99 Å². The zero-order chi connectivity index (χ0) is 18.7. The summed E-state index contributed by atoms with van der Waals surface area (Å²) >= 11 is 7.30. The number of nitro benzene ring substituents is 2. The number of benzene rings is 2. The molecule has 0 fully saturated rings. The molecule has 0 saturated carbocycles. The Morgan fingerprint density at radius 1 is 1.04 bits per heavy atom. The molecule has 10 heteroatoms. The van der Waals surface area contributed by atoms with Gasteiger partial charge in [0.1, 0.15) is 0 Å². The van der Waals surface area contributed by atoms with Gasteiger partial charge in [0.05, 0.1) is 14.7 Å². The molecule has 0 amide bonds. The minimum Gasteiger partial charge on any atom is -0.258 e. The first-order valence-electron chi connectivity index (χ1n) is 7.13. The number of hydrogen-bond donors (Lipinski definition) is 0. The molecule has 8 nitrogen and oxygen atoms in total. The zero-order valence-corrected chi connectivity index (χ0v) is 14.5. The molecule has 0 saturated heterocycles. The van der Waals surface area contributed by atoms with Crippen LogP contribution in [-0.4, -0.2) is 21.0 Å². The van der Waals surface area contributed by atoms with Crippen molar-refractivity contribution < 1.29 is 9.85 Å². The van der Waals surface area contributed by atoms with Crippen LogP contribution in [0.4, 0.5) is 16.5 Å². The van der Waals surface area contributed by atoms with E-state index in [-0.39, 0.29) is 11.4 Å². The molecule has 3 rings (SSSR count). The Balaban J connectivity index is 1.82. The van der Waals surface area contributed by atoms with E-state index in [4.69, 9.17) is 11.6 Å². The van der Waals surface area contributed by atoms with Crippen molar-refractivity contribution in [2.45, 2.75) is 0 Å². The number of halogens is 1. The molecule has 0 unspecified atom stereocenters. The van der Waals surface area contributed by atoms with Crippen molar-refractivity contribution in [3.63, 3.8) is 0 Å². The van der Waals surface area contributed by atoms with Crippen LogP contribution in [0.15, 0.2) is 53.7 Å². The molecule has 0 atom stereocenters. The molecular formula is C16H9ClN4O4S. The standard InChI is InChI=1S/C16H9ClN4O4S/c17-14-6-5-13(21(24)25)7-11(14)8-18-16-19-9-15(26-16)10-1-3-12(4-2-10)20(22)23/h1-9H/b18-8+. The number of rotatable bonds is 5. The van der Waals surface area contributed by atoms with E-state index in [2.05, 4.69) is 9.98 Å². The Morgan fingerprint density at radius 3 is 2.35 bits per heavy atom. The molecule has 0 aliphatic heterocycles. The first-order chi connectivity index (χ1) is 12.4. The molecule has 26 heavy (non-hydrogen) atoms. The second-order valence-electron chi connectivity index (χ2n) is 5.03. The molecule has 0 N–H and O–H groups in total. The minimum atomic E-state index is -0.510. The van der Waals surface area contributed by atoms with E-state index in [1.165, 1.54) is 47.9 Å². The van der Waals surface area contributed by atoms with Gasteiger partial charge >= 0.3 is 0 Å². The smallest absolute Gasteiger partial charge is 0.258 e. The van der Waals surface area contributed by atoms with Crippen LogP contribution in [-0.2, 0) is 0 Å². The molecule has 0 radical (unpaired) electrons. The normalized spacial score (nSPS) is 11.0. The van der Waals surface area contributed by atoms with Gasteiger partial charge in [-0.05, 0) is 23.8 Å². The van der Waals surface area contributed by atoms with Gasteiger partial charge in [0.15, 0.2) is 0 Å². The topological polar surface area (TPSA) is 112 Å². The van der Waals surface area contributed by atoms with Crippen LogP contribution in [0.25, 0.3) is 10.4 Å². The van der Waals surface area contributed by atoms with E-state index in [1.807, 2.05) is 0 Å². The molecule has 0 aliphatic rings. The highest BCUT2D eigenvalue weighted by Crippen LogP contribution is 2.31. The van der Waals surface area contributed by atoms with E-state index >= 15 is 0 Å². The number of thiazole rings is 1. The fraction of sp³-hybridized carbons (Fsp3) is 0. The SMILES string of the molecule is O=[N+]([O-])c1ccc(-c2cnc(/N=C/c3cc([N+](=O)[O-])ccc3Cl)s2)cc1. The molecule has 2 aromatic carbocycles. The third kappa shape index (κ3) is 3.90. The summed E-state index contributed by atoms with van der Waals surface area (Å²) in [6.45, 7) is 0. The zero-order valence-electron chi connectivity index (χ0n) is 12.9.